The molecule has 2 aromatic rings. The Balaban J connectivity index is 2.07. The SMILES string of the molecule is CC(C)CC(CN(C)C)NC(=O)c1cnn(-c2ccc(Br)cc2)c1. The van der Waals surface area contributed by atoms with Crippen molar-refractivity contribution in [3.8, 4) is 5.69 Å². The number of likely N-dealkylation sites (N-methyl/N-ethyl adjacent to an activating group) is 1. The fourth-order valence-electron chi connectivity index (χ4n) is 2.63. The average Bonchev–Trinajstić information content (AvgIpc) is 2.96. The molecule has 130 valence electrons. The predicted molar refractivity (Wildman–Crippen MR) is 101 cm³/mol. The van der Waals surface area contributed by atoms with Gasteiger partial charge in [0.2, 0.25) is 0 Å². The number of nitrogens with zero attached hydrogens (tertiary/aromatic N) is 3. The molecule has 24 heavy (non-hydrogen) atoms. The molecule has 0 fully saturated rings. The number of carbonyl (C=O) groups excluding carboxylic acids is 1. The van der Waals surface area contributed by atoms with E-state index < -0.39 is 0 Å². The Hall–Kier alpha value is -1.66. The minimum atomic E-state index is -0.0779. The van der Waals surface area contributed by atoms with E-state index in [1.165, 1.54) is 0 Å². The fraction of sp³-hybridized carbons (Fsp3) is 0.444. The topological polar surface area (TPSA) is 50.2 Å². The third-order valence-corrected chi connectivity index (χ3v) is 4.14. The molecule has 1 unspecified atom stereocenters. The van der Waals surface area contributed by atoms with Crippen LogP contribution in [0.3, 0.4) is 0 Å². The molecule has 0 bridgehead atoms. The zero-order chi connectivity index (χ0) is 17.7. The second-order valence-electron chi connectivity index (χ2n) is 6.71. The number of carbonyl (C=O) groups is 1. The highest BCUT2D eigenvalue weighted by molar-refractivity contribution is 9.10. The van der Waals surface area contributed by atoms with E-state index in [4.69, 9.17) is 0 Å². The maximum Gasteiger partial charge on any atom is 0.254 e. The molecule has 2 rings (SSSR count). The first-order chi connectivity index (χ1) is 11.3. The smallest absolute Gasteiger partial charge is 0.254 e. The molecular weight excluding hydrogens is 368 g/mol. The third-order valence-electron chi connectivity index (χ3n) is 3.61. The van der Waals surface area contributed by atoms with Crippen LogP contribution in [0.5, 0.6) is 0 Å². The second kappa shape index (κ2) is 8.44. The molecule has 1 heterocycles. The van der Waals surface area contributed by atoms with Crippen LogP contribution in [-0.2, 0) is 0 Å². The van der Waals surface area contributed by atoms with Crippen LogP contribution in [0.2, 0.25) is 0 Å². The minimum Gasteiger partial charge on any atom is -0.348 e. The van der Waals surface area contributed by atoms with Crippen molar-refractivity contribution in [2.24, 2.45) is 5.92 Å². The van der Waals surface area contributed by atoms with E-state index in [-0.39, 0.29) is 11.9 Å². The van der Waals surface area contributed by atoms with Gasteiger partial charge in [-0.15, -0.1) is 0 Å². The Morgan fingerprint density at radius 3 is 2.54 bits per heavy atom. The van der Waals surface area contributed by atoms with Gasteiger partial charge in [-0.25, -0.2) is 4.68 Å². The lowest BCUT2D eigenvalue weighted by atomic mass is 10.0. The van der Waals surface area contributed by atoms with E-state index in [0.717, 1.165) is 23.1 Å². The molecule has 1 N–H and O–H groups in total. The molecule has 0 spiro atoms. The van der Waals surface area contributed by atoms with Crippen LogP contribution in [0, 0.1) is 5.92 Å². The largest absolute Gasteiger partial charge is 0.348 e. The molecule has 6 heteroatoms. The zero-order valence-electron chi connectivity index (χ0n) is 14.7. The van der Waals surface area contributed by atoms with Crippen molar-refractivity contribution in [1.29, 1.82) is 0 Å². The molecular formula is C18H25BrN4O. The van der Waals surface area contributed by atoms with Crippen molar-refractivity contribution in [3.63, 3.8) is 0 Å². The van der Waals surface area contributed by atoms with E-state index in [0.29, 0.717) is 11.5 Å². The summed E-state index contributed by atoms with van der Waals surface area (Å²) in [4.78, 5) is 14.6. The van der Waals surface area contributed by atoms with Gasteiger partial charge in [0.05, 0.1) is 17.4 Å². The lowest BCUT2D eigenvalue weighted by Crippen LogP contribution is -2.42. The number of nitrogens with one attached hydrogen (secondary N) is 1. The molecule has 0 radical (unpaired) electrons. The molecule has 0 aliphatic carbocycles. The number of aromatic nitrogens is 2. The maximum absolute atomic E-state index is 12.5. The molecule has 0 saturated carbocycles. The van der Waals surface area contributed by atoms with Gasteiger partial charge in [-0.05, 0) is 50.7 Å². The van der Waals surface area contributed by atoms with Crippen molar-refractivity contribution >= 4 is 21.8 Å². The Morgan fingerprint density at radius 2 is 1.96 bits per heavy atom. The van der Waals surface area contributed by atoms with Gasteiger partial charge in [0.1, 0.15) is 0 Å². The number of amides is 1. The highest BCUT2D eigenvalue weighted by Gasteiger charge is 2.17. The van der Waals surface area contributed by atoms with Gasteiger partial charge in [-0.2, -0.15) is 5.10 Å². The van der Waals surface area contributed by atoms with E-state index in [9.17, 15) is 4.79 Å². The van der Waals surface area contributed by atoms with Gasteiger partial charge in [-0.3, -0.25) is 4.79 Å². The van der Waals surface area contributed by atoms with E-state index >= 15 is 0 Å². The van der Waals surface area contributed by atoms with Crippen molar-refractivity contribution in [3.05, 3.63) is 46.7 Å². The van der Waals surface area contributed by atoms with Crippen LogP contribution in [0.15, 0.2) is 41.1 Å². The van der Waals surface area contributed by atoms with Gasteiger partial charge in [0.15, 0.2) is 0 Å². The molecule has 1 aromatic carbocycles. The molecule has 1 atom stereocenters. The standard InChI is InChI=1S/C18H25BrN4O/c1-13(2)9-16(12-22(3)4)21-18(24)14-10-20-23(11-14)17-7-5-15(19)6-8-17/h5-8,10-11,13,16H,9,12H2,1-4H3,(H,21,24). The van der Waals surface area contributed by atoms with Gasteiger partial charge >= 0.3 is 0 Å². The Kier molecular flexibility index (Phi) is 6.57. The van der Waals surface area contributed by atoms with E-state index in [1.807, 2.05) is 38.4 Å². The summed E-state index contributed by atoms with van der Waals surface area (Å²) >= 11 is 3.41. The Bertz CT molecular complexity index is 654. The summed E-state index contributed by atoms with van der Waals surface area (Å²) in [5.74, 6) is 0.451. The van der Waals surface area contributed by atoms with Crippen LogP contribution in [0.1, 0.15) is 30.6 Å². The highest BCUT2D eigenvalue weighted by atomic mass is 79.9. The predicted octanol–water partition coefficient (Wildman–Crippen LogP) is 3.34. The number of hydrogen-bond acceptors (Lipinski definition) is 3. The van der Waals surface area contributed by atoms with Crippen LogP contribution in [0.4, 0.5) is 0 Å². The van der Waals surface area contributed by atoms with E-state index in [1.54, 1.807) is 17.1 Å². The number of halogens is 1. The molecule has 1 amide bonds. The van der Waals surface area contributed by atoms with Crippen molar-refractivity contribution in [1.82, 2.24) is 20.0 Å². The zero-order valence-corrected chi connectivity index (χ0v) is 16.2. The summed E-state index contributed by atoms with van der Waals surface area (Å²) < 4.78 is 2.72. The Labute approximate surface area is 152 Å². The van der Waals surface area contributed by atoms with Crippen molar-refractivity contribution in [2.75, 3.05) is 20.6 Å². The Morgan fingerprint density at radius 1 is 1.29 bits per heavy atom. The molecule has 1 aromatic heterocycles. The van der Waals surface area contributed by atoms with Gasteiger partial charge in [0.25, 0.3) is 5.91 Å². The summed E-state index contributed by atoms with van der Waals surface area (Å²) in [7, 11) is 4.04. The van der Waals surface area contributed by atoms with Crippen LogP contribution in [-0.4, -0.2) is 47.3 Å². The van der Waals surface area contributed by atoms with Gasteiger partial charge < -0.3 is 10.2 Å². The lowest BCUT2D eigenvalue weighted by Gasteiger charge is -2.23. The van der Waals surface area contributed by atoms with Crippen molar-refractivity contribution in [2.45, 2.75) is 26.3 Å². The number of hydrogen-bond donors (Lipinski definition) is 1. The first kappa shape index (κ1) is 18.7. The monoisotopic (exact) mass is 392 g/mol. The van der Waals surface area contributed by atoms with Crippen LogP contribution in [0.25, 0.3) is 5.69 Å². The summed E-state index contributed by atoms with van der Waals surface area (Å²) in [6.45, 7) is 5.16. The van der Waals surface area contributed by atoms with Crippen LogP contribution < -0.4 is 5.32 Å². The quantitative estimate of drug-likeness (QED) is 0.785. The third kappa shape index (κ3) is 5.46. The van der Waals surface area contributed by atoms with Crippen LogP contribution >= 0.6 is 15.9 Å². The summed E-state index contributed by atoms with van der Waals surface area (Å²) in [6, 6.07) is 7.93. The summed E-state index contributed by atoms with van der Waals surface area (Å²) in [6.07, 6.45) is 4.32. The van der Waals surface area contributed by atoms with E-state index in [2.05, 4.69) is 45.1 Å². The molecule has 5 nitrogen and oxygen atoms in total. The second-order valence-corrected chi connectivity index (χ2v) is 7.63. The molecule has 0 saturated heterocycles. The summed E-state index contributed by atoms with van der Waals surface area (Å²) in [5.41, 5.74) is 1.50. The lowest BCUT2D eigenvalue weighted by molar-refractivity contribution is 0.0924. The summed E-state index contributed by atoms with van der Waals surface area (Å²) in [5, 5.41) is 7.42. The first-order valence-electron chi connectivity index (χ1n) is 8.11. The number of rotatable bonds is 7. The average molecular weight is 393 g/mol. The molecule has 0 aliphatic rings. The fourth-order valence-corrected chi connectivity index (χ4v) is 2.90. The van der Waals surface area contributed by atoms with Gasteiger partial charge in [0, 0.05) is 23.3 Å². The minimum absolute atomic E-state index is 0.0779. The van der Waals surface area contributed by atoms with Crippen molar-refractivity contribution < 1.29 is 4.79 Å². The normalized spacial score (nSPS) is 12.6. The maximum atomic E-state index is 12.5. The number of benzene rings is 1. The molecule has 0 aliphatic heterocycles. The first-order valence-corrected chi connectivity index (χ1v) is 8.90. The highest BCUT2D eigenvalue weighted by Crippen LogP contribution is 2.14. The van der Waals surface area contributed by atoms with Gasteiger partial charge in [-0.1, -0.05) is 29.8 Å².